The molecule has 4 aromatic rings. The van der Waals surface area contributed by atoms with Crippen molar-refractivity contribution in [2.45, 2.75) is 13.8 Å². The summed E-state index contributed by atoms with van der Waals surface area (Å²) in [6, 6.07) is 16.4. The predicted molar refractivity (Wildman–Crippen MR) is 119 cm³/mol. The van der Waals surface area contributed by atoms with Gasteiger partial charge in [0.25, 0.3) is 0 Å². The van der Waals surface area contributed by atoms with Gasteiger partial charge >= 0.3 is 5.97 Å². The van der Waals surface area contributed by atoms with E-state index in [1.54, 1.807) is 31.2 Å². The number of anilines is 3. The van der Waals surface area contributed by atoms with Crippen molar-refractivity contribution in [3.8, 4) is 11.6 Å². The lowest BCUT2D eigenvalue weighted by atomic mass is 10.2. The third kappa shape index (κ3) is 4.37. The maximum Gasteiger partial charge on any atom is 0.338 e. The number of rotatable bonds is 6. The second-order valence-electron chi connectivity index (χ2n) is 6.75. The average molecular weight is 415 g/mol. The molecule has 0 saturated carbocycles. The molecule has 8 heteroatoms. The van der Waals surface area contributed by atoms with Crippen molar-refractivity contribution >= 4 is 34.1 Å². The molecule has 2 aromatic carbocycles. The Balaban J connectivity index is 1.58. The summed E-state index contributed by atoms with van der Waals surface area (Å²) in [5.41, 5.74) is 9.29. The molecular formula is C23H21N5O3. The van der Waals surface area contributed by atoms with E-state index in [-0.39, 0.29) is 17.5 Å². The van der Waals surface area contributed by atoms with Crippen LogP contribution in [0.25, 0.3) is 10.9 Å². The number of esters is 1. The number of hydrogen-bond acceptors (Lipinski definition) is 8. The fourth-order valence-corrected chi connectivity index (χ4v) is 3.01. The van der Waals surface area contributed by atoms with Crippen LogP contribution in [0.5, 0.6) is 11.6 Å². The highest BCUT2D eigenvalue weighted by molar-refractivity contribution is 5.90. The largest absolute Gasteiger partial charge is 0.462 e. The molecule has 0 aliphatic rings. The number of nitrogen functional groups attached to an aromatic ring is 1. The Morgan fingerprint density at radius 3 is 2.65 bits per heavy atom. The summed E-state index contributed by atoms with van der Waals surface area (Å²) in [4.78, 5) is 24.7. The van der Waals surface area contributed by atoms with Gasteiger partial charge in [-0.05, 0) is 50.2 Å². The summed E-state index contributed by atoms with van der Waals surface area (Å²) in [5, 5.41) is 4.07. The molecule has 0 aliphatic carbocycles. The molecular weight excluding hydrogens is 394 g/mol. The van der Waals surface area contributed by atoms with E-state index in [9.17, 15) is 4.79 Å². The SMILES string of the molecule is CCOC(=O)c1ccc(Nc2ncnc(Oc3cccc4ccc(C)nc34)c2N)cc1. The molecule has 0 radical (unpaired) electrons. The van der Waals surface area contributed by atoms with E-state index in [2.05, 4.69) is 20.3 Å². The minimum Gasteiger partial charge on any atom is -0.462 e. The second-order valence-corrected chi connectivity index (χ2v) is 6.75. The number of pyridine rings is 1. The third-order valence-corrected chi connectivity index (χ3v) is 4.54. The van der Waals surface area contributed by atoms with Gasteiger partial charge in [-0.15, -0.1) is 0 Å². The van der Waals surface area contributed by atoms with E-state index < -0.39 is 0 Å². The van der Waals surface area contributed by atoms with Gasteiger partial charge in [-0.3, -0.25) is 0 Å². The first-order valence-electron chi connectivity index (χ1n) is 9.74. The monoisotopic (exact) mass is 415 g/mol. The molecule has 0 atom stereocenters. The molecule has 4 rings (SSSR count). The van der Waals surface area contributed by atoms with E-state index in [1.165, 1.54) is 6.33 Å². The van der Waals surface area contributed by atoms with Gasteiger partial charge < -0.3 is 20.5 Å². The van der Waals surface area contributed by atoms with Gasteiger partial charge in [-0.2, -0.15) is 4.98 Å². The smallest absolute Gasteiger partial charge is 0.338 e. The molecule has 2 aromatic heterocycles. The Morgan fingerprint density at radius 2 is 1.87 bits per heavy atom. The topological polar surface area (TPSA) is 112 Å². The maximum absolute atomic E-state index is 11.8. The quantitative estimate of drug-likeness (QED) is 0.438. The Kier molecular flexibility index (Phi) is 5.61. The normalized spacial score (nSPS) is 10.6. The van der Waals surface area contributed by atoms with Crippen LogP contribution in [-0.4, -0.2) is 27.5 Å². The first-order valence-corrected chi connectivity index (χ1v) is 9.74. The number of fused-ring (bicyclic) bond motifs is 1. The molecule has 0 aliphatic heterocycles. The number of nitrogens with zero attached hydrogens (tertiary/aromatic N) is 3. The Hall–Kier alpha value is -4.20. The number of benzene rings is 2. The van der Waals surface area contributed by atoms with Gasteiger partial charge in [0, 0.05) is 16.8 Å². The number of carbonyl (C=O) groups is 1. The lowest BCUT2D eigenvalue weighted by molar-refractivity contribution is 0.0526. The number of carbonyl (C=O) groups excluding carboxylic acids is 1. The number of hydrogen-bond donors (Lipinski definition) is 2. The van der Waals surface area contributed by atoms with Gasteiger partial charge in [0.1, 0.15) is 17.5 Å². The summed E-state index contributed by atoms with van der Waals surface area (Å²) in [6.07, 6.45) is 1.37. The van der Waals surface area contributed by atoms with Gasteiger partial charge in [-0.1, -0.05) is 18.2 Å². The van der Waals surface area contributed by atoms with Crippen LogP contribution in [0.15, 0.2) is 60.9 Å². The average Bonchev–Trinajstić information content (AvgIpc) is 2.77. The number of nitrogens with one attached hydrogen (secondary N) is 1. The van der Waals surface area contributed by atoms with E-state index in [1.807, 2.05) is 37.3 Å². The van der Waals surface area contributed by atoms with Crippen molar-refractivity contribution < 1.29 is 14.3 Å². The molecule has 8 nitrogen and oxygen atoms in total. The zero-order valence-corrected chi connectivity index (χ0v) is 17.1. The van der Waals surface area contributed by atoms with Gasteiger partial charge in [0.15, 0.2) is 11.6 Å². The highest BCUT2D eigenvalue weighted by Gasteiger charge is 2.13. The number of nitrogens with two attached hydrogens (primary N) is 1. The highest BCUT2D eigenvalue weighted by Crippen LogP contribution is 2.33. The molecule has 0 amide bonds. The highest BCUT2D eigenvalue weighted by atomic mass is 16.5. The standard InChI is InChI=1S/C23H21N5O3/c1-3-30-23(29)16-9-11-17(12-10-16)28-21-19(24)22(26-13-25-21)31-18-6-4-5-15-8-7-14(2)27-20(15)18/h4-13H,3,24H2,1-2H3,(H,25,26,28). The van der Waals surface area contributed by atoms with Gasteiger partial charge in [0.05, 0.1) is 12.2 Å². The Labute approximate surface area is 179 Å². The molecule has 0 spiro atoms. The van der Waals surface area contributed by atoms with Crippen LogP contribution in [0.2, 0.25) is 0 Å². The van der Waals surface area contributed by atoms with Crippen LogP contribution in [0.3, 0.4) is 0 Å². The molecule has 31 heavy (non-hydrogen) atoms. The summed E-state index contributed by atoms with van der Waals surface area (Å²) in [7, 11) is 0. The molecule has 0 bridgehead atoms. The van der Waals surface area contributed by atoms with E-state index in [0.29, 0.717) is 29.4 Å². The van der Waals surface area contributed by atoms with Crippen LogP contribution in [0.1, 0.15) is 23.0 Å². The lowest BCUT2D eigenvalue weighted by Crippen LogP contribution is -2.05. The summed E-state index contributed by atoms with van der Waals surface area (Å²) >= 11 is 0. The second kappa shape index (κ2) is 8.66. The zero-order chi connectivity index (χ0) is 21.8. The molecule has 0 saturated heterocycles. The summed E-state index contributed by atoms with van der Waals surface area (Å²) in [5.74, 6) is 0.788. The third-order valence-electron chi connectivity index (χ3n) is 4.54. The summed E-state index contributed by atoms with van der Waals surface area (Å²) < 4.78 is 11.0. The number of aromatic nitrogens is 3. The number of aryl methyl sites for hydroxylation is 1. The van der Waals surface area contributed by atoms with Crippen LogP contribution < -0.4 is 15.8 Å². The number of ether oxygens (including phenoxy) is 2. The molecule has 0 fully saturated rings. The van der Waals surface area contributed by atoms with Crippen LogP contribution in [0.4, 0.5) is 17.2 Å². The van der Waals surface area contributed by atoms with E-state index in [4.69, 9.17) is 15.2 Å². The van der Waals surface area contributed by atoms with Gasteiger partial charge in [-0.25, -0.2) is 14.8 Å². The summed E-state index contributed by atoms with van der Waals surface area (Å²) in [6.45, 7) is 4.01. The van der Waals surface area contributed by atoms with Crippen molar-refractivity contribution in [2.24, 2.45) is 0 Å². The van der Waals surface area contributed by atoms with E-state index >= 15 is 0 Å². The van der Waals surface area contributed by atoms with Crippen molar-refractivity contribution in [2.75, 3.05) is 17.7 Å². The first-order chi connectivity index (χ1) is 15.0. The fourth-order valence-electron chi connectivity index (χ4n) is 3.01. The minimum absolute atomic E-state index is 0.219. The van der Waals surface area contributed by atoms with Crippen LogP contribution in [-0.2, 0) is 4.74 Å². The van der Waals surface area contributed by atoms with Crippen molar-refractivity contribution in [3.05, 3.63) is 72.2 Å². The zero-order valence-electron chi connectivity index (χ0n) is 17.1. The van der Waals surface area contributed by atoms with Gasteiger partial charge in [0.2, 0.25) is 5.88 Å². The first kappa shape index (κ1) is 20.1. The fraction of sp³-hybridized carbons (Fsp3) is 0.130. The molecule has 2 heterocycles. The maximum atomic E-state index is 11.8. The minimum atomic E-state index is -0.370. The van der Waals surface area contributed by atoms with Crippen molar-refractivity contribution in [1.82, 2.24) is 15.0 Å². The van der Waals surface area contributed by atoms with Crippen molar-refractivity contribution in [1.29, 1.82) is 0 Å². The van der Waals surface area contributed by atoms with E-state index in [0.717, 1.165) is 16.6 Å². The number of para-hydroxylation sites is 1. The lowest BCUT2D eigenvalue weighted by Gasteiger charge is -2.13. The Bertz CT molecular complexity index is 1240. The Morgan fingerprint density at radius 1 is 1.06 bits per heavy atom. The molecule has 0 unspecified atom stereocenters. The molecule has 156 valence electrons. The predicted octanol–water partition coefficient (Wildman–Crippen LogP) is 4.63. The molecule has 3 N–H and O–H groups in total. The van der Waals surface area contributed by atoms with Crippen LogP contribution >= 0.6 is 0 Å². The van der Waals surface area contributed by atoms with Crippen molar-refractivity contribution in [3.63, 3.8) is 0 Å². The van der Waals surface area contributed by atoms with Crippen LogP contribution in [0, 0.1) is 6.92 Å².